The number of carbonyl (C=O) groups excluding carboxylic acids is 1. The van der Waals surface area contributed by atoms with Crippen LogP contribution in [0.1, 0.15) is 16.1 Å². The zero-order valence-electron chi connectivity index (χ0n) is 10.1. The Kier molecular flexibility index (Phi) is 2.90. The molecular formula is C15H11N3O. The molecule has 3 rings (SSSR count). The molecule has 19 heavy (non-hydrogen) atoms. The fraction of sp³-hybridized carbons (Fsp3) is 0. The van der Waals surface area contributed by atoms with Gasteiger partial charge in [-0.3, -0.25) is 9.78 Å². The van der Waals surface area contributed by atoms with Gasteiger partial charge in [-0.2, -0.15) is 5.10 Å². The van der Waals surface area contributed by atoms with Crippen LogP contribution in [-0.2, 0) is 0 Å². The molecule has 0 saturated heterocycles. The number of carbonyl (C=O) groups is 1. The van der Waals surface area contributed by atoms with E-state index in [-0.39, 0.29) is 5.78 Å². The van der Waals surface area contributed by atoms with Crippen molar-refractivity contribution in [2.75, 3.05) is 0 Å². The number of hydrogen-bond donors (Lipinski definition) is 0. The van der Waals surface area contributed by atoms with Gasteiger partial charge in [0.1, 0.15) is 5.69 Å². The minimum absolute atomic E-state index is 0.0885. The average Bonchev–Trinajstić information content (AvgIpc) is 2.98. The number of benzene rings is 1. The number of ketones is 1. The van der Waals surface area contributed by atoms with Crippen LogP contribution in [0.2, 0.25) is 0 Å². The Morgan fingerprint density at radius 1 is 0.947 bits per heavy atom. The Morgan fingerprint density at radius 3 is 2.53 bits per heavy atom. The highest BCUT2D eigenvalue weighted by molar-refractivity contribution is 6.07. The first-order valence-corrected chi connectivity index (χ1v) is 5.90. The van der Waals surface area contributed by atoms with Crippen LogP contribution >= 0.6 is 0 Å². The third kappa shape index (κ3) is 2.15. The van der Waals surface area contributed by atoms with Crippen LogP contribution in [0.25, 0.3) is 5.69 Å². The fourth-order valence-corrected chi connectivity index (χ4v) is 1.90. The second-order valence-corrected chi connectivity index (χ2v) is 4.03. The highest BCUT2D eigenvalue weighted by Crippen LogP contribution is 2.13. The van der Waals surface area contributed by atoms with E-state index < -0.39 is 0 Å². The number of aromatic nitrogens is 3. The second-order valence-electron chi connectivity index (χ2n) is 4.03. The normalized spacial score (nSPS) is 10.3. The third-order valence-corrected chi connectivity index (χ3v) is 2.80. The zero-order valence-corrected chi connectivity index (χ0v) is 10.1. The van der Waals surface area contributed by atoms with Gasteiger partial charge in [0.05, 0.1) is 11.9 Å². The predicted molar refractivity (Wildman–Crippen MR) is 71.2 cm³/mol. The fourth-order valence-electron chi connectivity index (χ4n) is 1.90. The zero-order chi connectivity index (χ0) is 13.1. The van der Waals surface area contributed by atoms with Gasteiger partial charge < -0.3 is 0 Å². The molecule has 0 N–H and O–H groups in total. The second kappa shape index (κ2) is 4.86. The molecule has 0 aliphatic rings. The Labute approximate surface area is 110 Å². The van der Waals surface area contributed by atoms with Gasteiger partial charge in [-0.25, -0.2) is 4.68 Å². The number of para-hydroxylation sites is 1. The summed E-state index contributed by atoms with van der Waals surface area (Å²) in [5.41, 5.74) is 1.94. The maximum atomic E-state index is 12.4. The van der Waals surface area contributed by atoms with E-state index in [2.05, 4.69) is 10.1 Å². The van der Waals surface area contributed by atoms with Crippen molar-refractivity contribution >= 4 is 5.78 Å². The lowest BCUT2D eigenvalue weighted by Crippen LogP contribution is -2.10. The first-order valence-electron chi connectivity index (χ1n) is 5.90. The average molecular weight is 249 g/mol. The quantitative estimate of drug-likeness (QED) is 0.670. The van der Waals surface area contributed by atoms with Crippen LogP contribution in [0.15, 0.2) is 67.1 Å². The van der Waals surface area contributed by atoms with Crippen molar-refractivity contribution in [3.05, 3.63) is 78.4 Å². The standard InChI is InChI=1S/C15H11N3O/c19-15(12-5-4-9-16-11-12)14-8-10-17-18(14)13-6-2-1-3-7-13/h1-11H. The van der Waals surface area contributed by atoms with Crippen molar-refractivity contribution in [2.24, 2.45) is 0 Å². The first kappa shape index (κ1) is 11.3. The summed E-state index contributed by atoms with van der Waals surface area (Å²) in [5.74, 6) is -0.0885. The third-order valence-electron chi connectivity index (χ3n) is 2.80. The molecule has 0 bridgehead atoms. The number of nitrogens with zero attached hydrogens (tertiary/aromatic N) is 3. The first-order chi connectivity index (χ1) is 9.36. The summed E-state index contributed by atoms with van der Waals surface area (Å²) in [5, 5.41) is 4.21. The van der Waals surface area contributed by atoms with Crippen molar-refractivity contribution in [1.29, 1.82) is 0 Å². The number of rotatable bonds is 3. The molecule has 0 unspecified atom stereocenters. The lowest BCUT2D eigenvalue weighted by Gasteiger charge is -2.06. The van der Waals surface area contributed by atoms with Gasteiger partial charge in [0.15, 0.2) is 0 Å². The van der Waals surface area contributed by atoms with Crippen LogP contribution in [0.5, 0.6) is 0 Å². The monoisotopic (exact) mass is 249 g/mol. The van der Waals surface area contributed by atoms with E-state index in [0.29, 0.717) is 11.3 Å². The van der Waals surface area contributed by atoms with Crippen molar-refractivity contribution in [1.82, 2.24) is 14.8 Å². The van der Waals surface area contributed by atoms with E-state index in [4.69, 9.17) is 0 Å². The summed E-state index contributed by atoms with van der Waals surface area (Å²) in [4.78, 5) is 16.4. The molecule has 0 fully saturated rings. The molecule has 0 aliphatic carbocycles. The maximum Gasteiger partial charge on any atom is 0.213 e. The van der Waals surface area contributed by atoms with Gasteiger partial charge >= 0.3 is 0 Å². The van der Waals surface area contributed by atoms with Crippen LogP contribution in [0, 0.1) is 0 Å². The highest BCUT2D eigenvalue weighted by atomic mass is 16.1. The molecule has 2 heterocycles. The van der Waals surface area contributed by atoms with Gasteiger partial charge in [0, 0.05) is 18.0 Å². The minimum Gasteiger partial charge on any atom is -0.287 e. The Bertz CT molecular complexity index is 690. The van der Waals surface area contributed by atoms with E-state index in [1.165, 1.54) is 0 Å². The van der Waals surface area contributed by atoms with Crippen LogP contribution in [-0.4, -0.2) is 20.5 Å². The van der Waals surface area contributed by atoms with Crippen molar-refractivity contribution in [2.45, 2.75) is 0 Å². The molecule has 2 aromatic heterocycles. The van der Waals surface area contributed by atoms with Crippen LogP contribution in [0.4, 0.5) is 0 Å². The van der Waals surface area contributed by atoms with Gasteiger partial charge in [0.2, 0.25) is 5.78 Å². The summed E-state index contributed by atoms with van der Waals surface area (Å²) < 4.78 is 1.63. The molecule has 92 valence electrons. The minimum atomic E-state index is -0.0885. The van der Waals surface area contributed by atoms with Crippen LogP contribution < -0.4 is 0 Å². The largest absolute Gasteiger partial charge is 0.287 e. The maximum absolute atomic E-state index is 12.4. The van der Waals surface area contributed by atoms with Crippen molar-refractivity contribution in [3.63, 3.8) is 0 Å². The number of hydrogen-bond acceptors (Lipinski definition) is 3. The molecule has 0 aliphatic heterocycles. The molecule has 0 radical (unpaired) electrons. The summed E-state index contributed by atoms with van der Waals surface area (Å²) in [6.45, 7) is 0. The number of pyridine rings is 1. The molecule has 0 saturated carbocycles. The van der Waals surface area contributed by atoms with E-state index in [0.717, 1.165) is 5.69 Å². The molecule has 3 aromatic rings. The molecule has 1 aromatic carbocycles. The van der Waals surface area contributed by atoms with Gasteiger partial charge in [-0.15, -0.1) is 0 Å². The SMILES string of the molecule is O=C(c1cccnc1)c1ccnn1-c1ccccc1. The molecule has 0 amide bonds. The summed E-state index contributed by atoms with van der Waals surface area (Å²) >= 11 is 0. The van der Waals surface area contributed by atoms with Gasteiger partial charge in [0.25, 0.3) is 0 Å². The summed E-state index contributed by atoms with van der Waals surface area (Å²) in [6.07, 6.45) is 4.83. The lowest BCUT2D eigenvalue weighted by molar-refractivity contribution is 0.103. The Morgan fingerprint density at radius 2 is 1.79 bits per heavy atom. The molecule has 0 atom stereocenters. The summed E-state index contributed by atoms with van der Waals surface area (Å²) in [6, 6.07) is 14.8. The van der Waals surface area contributed by atoms with E-state index in [1.54, 1.807) is 41.5 Å². The van der Waals surface area contributed by atoms with Gasteiger partial charge in [-0.05, 0) is 30.3 Å². The van der Waals surface area contributed by atoms with Crippen LogP contribution in [0.3, 0.4) is 0 Å². The smallest absolute Gasteiger partial charge is 0.213 e. The highest BCUT2D eigenvalue weighted by Gasteiger charge is 2.15. The van der Waals surface area contributed by atoms with Crippen molar-refractivity contribution < 1.29 is 4.79 Å². The molecule has 4 heteroatoms. The molecule has 0 spiro atoms. The van der Waals surface area contributed by atoms with Gasteiger partial charge in [-0.1, -0.05) is 18.2 Å². The molecular weight excluding hydrogens is 238 g/mol. The van der Waals surface area contributed by atoms with E-state index in [1.807, 2.05) is 30.3 Å². The van der Waals surface area contributed by atoms with Crippen molar-refractivity contribution in [3.8, 4) is 5.69 Å². The van der Waals surface area contributed by atoms with E-state index in [9.17, 15) is 4.79 Å². The lowest BCUT2D eigenvalue weighted by atomic mass is 10.1. The predicted octanol–water partition coefficient (Wildman–Crippen LogP) is 2.50. The molecule has 4 nitrogen and oxygen atoms in total. The van der Waals surface area contributed by atoms with E-state index >= 15 is 0 Å². The summed E-state index contributed by atoms with van der Waals surface area (Å²) in [7, 11) is 0. The Balaban J connectivity index is 2.04. The Hall–Kier alpha value is -2.75. The topological polar surface area (TPSA) is 47.8 Å².